The number of fused-ring (bicyclic) bond motifs is 1. The first kappa shape index (κ1) is 22.6. The molecular formula is C21H18F3N7O4. The molecule has 14 heteroatoms. The first-order valence-electron chi connectivity index (χ1n) is 10.4. The summed E-state index contributed by atoms with van der Waals surface area (Å²) in [5.74, 6) is -4.07. The average molecular weight is 489 g/mol. The number of alkyl halides is 2. The minimum Gasteiger partial charge on any atom is -0.359 e. The Kier molecular flexibility index (Phi) is 5.53. The summed E-state index contributed by atoms with van der Waals surface area (Å²) in [4.78, 5) is 33.5. The highest BCUT2D eigenvalue weighted by molar-refractivity contribution is 5.74. The van der Waals surface area contributed by atoms with Crippen molar-refractivity contribution in [1.29, 1.82) is 0 Å². The Morgan fingerprint density at radius 1 is 1.29 bits per heavy atom. The Hall–Kier alpha value is -4.17. The number of halogens is 3. The fourth-order valence-electron chi connectivity index (χ4n) is 3.85. The van der Waals surface area contributed by atoms with Gasteiger partial charge in [-0.3, -0.25) is 9.78 Å². The monoisotopic (exact) mass is 489 g/mol. The second-order valence-corrected chi connectivity index (χ2v) is 7.84. The first-order valence-corrected chi connectivity index (χ1v) is 10.4. The number of H-pyrrole nitrogens is 2. The lowest BCUT2D eigenvalue weighted by molar-refractivity contribution is -0.179. The van der Waals surface area contributed by atoms with E-state index in [2.05, 4.69) is 25.4 Å². The highest BCUT2D eigenvalue weighted by Crippen LogP contribution is 2.36. The smallest absolute Gasteiger partial charge is 0.325 e. The van der Waals surface area contributed by atoms with Gasteiger partial charge >= 0.3 is 5.69 Å². The van der Waals surface area contributed by atoms with Gasteiger partial charge in [-0.2, -0.15) is 5.10 Å². The fourth-order valence-corrected chi connectivity index (χ4v) is 3.85. The molecule has 182 valence electrons. The molecular weight excluding hydrogens is 471 g/mol. The number of nitrogens with zero attached hydrogens (tertiary/aromatic N) is 4. The molecule has 0 amide bonds. The Morgan fingerprint density at radius 2 is 2.09 bits per heavy atom. The summed E-state index contributed by atoms with van der Waals surface area (Å²) in [6, 6.07) is 6.82. The van der Waals surface area contributed by atoms with Gasteiger partial charge in [0.25, 0.3) is 11.5 Å². The highest BCUT2D eigenvalue weighted by Gasteiger charge is 2.50. The number of aliphatic hydroxyl groups excluding tert-OH is 1. The van der Waals surface area contributed by atoms with Crippen LogP contribution in [0.3, 0.4) is 0 Å². The van der Waals surface area contributed by atoms with Gasteiger partial charge in [-0.25, -0.2) is 27.5 Å². The zero-order valence-corrected chi connectivity index (χ0v) is 17.8. The molecule has 0 saturated carbocycles. The second kappa shape index (κ2) is 8.56. The number of nitrogens with one attached hydrogen (secondary N) is 3. The van der Waals surface area contributed by atoms with Crippen LogP contribution in [0.2, 0.25) is 0 Å². The van der Waals surface area contributed by atoms with Crippen molar-refractivity contribution in [3.63, 3.8) is 0 Å². The van der Waals surface area contributed by atoms with E-state index in [0.717, 1.165) is 6.07 Å². The molecule has 3 aromatic heterocycles. The van der Waals surface area contributed by atoms with Crippen LogP contribution in [0.5, 0.6) is 0 Å². The predicted molar refractivity (Wildman–Crippen MR) is 118 cm³/mol. The van der Waals surface area contributed by atoms with Crippen LogP contribution in [0.1, 0.15) is 0 Å². The highest BCUT2D eigenvalue weighted by atomic mass is 19.3. The zero-order valence-electron chi connectivity index (χ0n) is 17.8. The number of aromatic nitrogens is 5. The molecule has 1 unspecified atom stereocenters. The van der Waals surface area contributed by atoms with Crippen LogP contribution < -0.4 is 21.5 Å². The number of ether oxygens (including phenoxy) is 1. The van der Waals surface area contributed by atoms with E-state index < -0.39 is 42.1 Å². The molecule has 1 aliphatic heterocycles. The van der Waals surface area contributed by atoms with Crippen LogP contribution >= 0.6 is 0 Å². The molecule has 0 bridgehead atoms. The molecule has 11 nitrogen and oxygen atoms in total. The van der Waals surface area contributed by atoms with Crippen molar-refractivity contribution < 1.29 is 23.0 Å². The maximum Gasteiger partial charge on any atom is 0.325 e. The molecule has 5 rings (SSSR count). The van der Waals surface area contributed by atoms with Crippen molar-refractivity contribution in [3.05, 3.63) is 75.6 Å². The van der Waals surface area contributed by atoms with Crippen molar-refractivity contribution in [2.24, 2.45) is 0 Å². The van der Waals surface area contributed by atoms with E-state index in [9.17, 15) is 27.9 Å². The molecule has 0 radical (unpaired) electrons. The molecule has 2 atom stereocenters. The molecule has 0 spiro atoms. The fraction of sp³-hybridized carbons (Fsp3) is 0.238. The molecule has 4 aromatic rings. The van der Waals surface area contributed by atoms with Gasteiger partial charge in [0.2, 0.25) is 6.41 Å². The number of benzene rings is 1. The summed E-state index contributed by atoms with van der Waals surface area (Å²) in [5, 5.41) is 16.7. The van der Waals surface area contributed by atoms with Crippen molar-refractivity contribution in [3.8, 4) is 11.3 Å². The summed E-state index contributed by atoms with van der Waals surface area (Å²) in [5.41, 5.74) is -0.917. The topological polar surface area (TPSA) is 141 Å². The Morgan fingerprint density at radius 3 is 2.86 bits per heavy atom. The number of hydrogen-bond donors (Lipinski definition) is 4. The van der Waals surface area contributed by atoms with Crippen molar-refractivity contribution in [1.82, 2.24) is 24.6 Å². The number of aliphatic hydroxyl groups is 1. The third-order valence-corrected chi connectivity index (χ3v) is 5.48. The van der Waals surface area contributed by atoms with Gasteiger partial charge in [0.15, 0.2) is 5.65 Å². The van der Waals surface area contributed by atoms with E-state index in [1.165, 1.54) is 52.3 Å². The molecule has 4 N–H and O–H groups in total. The number of hydrogen-bond acceptors (Lipinski definition) is 8. The minimum atomic E-state index is -3.39. The van der Waals surface area contributed by atoms with Gasteiger partial charge in [-0.05, 0) is 18.2 Å². The molecule has 1 fully saturated rings. The van der Waals surface area contributed by atoms with E-state index in [4.69, 9.17) is 4.74 Å². The average Bonchev–Trinajstić information content (AvgIpc) is 3.38. The third kappa shape index (κ3) is 4.36. The van der Waals surface area contributed by atoms with Gasteiger partial charge < -0.3 is 25.0 Å². The van der Waals surface area contributed by atoms with E-state index in [0.29, 0.717) is 0 Å². The molecule has 1 aliphatic rings. The Bertz CT molecular complexity index is 1500. The molecule has 35 heavy (non-hydrogen) atoms. The summed E-state index contributed by atoms with van der Waals surface area (Å²) < 4.78 is 50.0. The van der Waals surface area contributed by atoms with Gasteiger partial charge in [0.05, 0.1) is 30.0 Å². The third-order valence-electron chi connectivity index (χ3n) is 5.48. The lowest BCUT2D eigenvalue weighted by Gasteiger charge is -2.23. The van der Waals surface area contributed by atoms with Crippen molar-refractivity contribution in [2.75, 3.05) is 23.3 Å². The number of rotatable bonds is 6. The quantitative estimate of drug-likeness (QED) is 0.296. The Labute approximate surface area is 193 Å². The van der Waals surface area contributed by atoms with Crippen LogP contribution in [0.15, 0.2) is 58.5 Å². The lowest BCUT2D eigenvalue weighted by atomic mass is 10.2. The number of anilines is 2. The van der Waals surface area contributed by atoms with Crippen LogP contribution in [-0.2, 0) is 4.74 Å². The van der Waals surface area contributed by atoms with Gasteiger partial charge in [0.1, 0.15) is 17.6 Å². The lowest BCUT2D eigenvalue weighted by Crippen LogP contribution is -2.39. The Balaban J connectivity index is 1.43. The molecule has 0 aliphatic carbocycles. The van der Waals surface area contributed by atoms with Crippen LogP contribution in [-0.4, -0.2) is 61.2 Å². The van der Waals surface area contributed by atoms with Gasteiger partial charge in [0, 0.05) is 18.6 Å². The van der Waals surface area contributed by atoms with Crippen molar-refractivity contribution >= 4 is 17.0 Å². The van der Waals surface area contributed by atoms with Crippen LogP contribution in [0, 0.1) is 5.82 Å². The maximum absolute atomic E-state index is 14.9. The molecule has 1 saturated heterocycles. The van der Waals surface area contributed by atoms with Crippen molar-refractivity contribution in [2.45, 2.75) is 18.4 Å². The summed E-state index contributed by atoms with van der Waals surface area (Å²) in [7, 11) is 0. The number of imidazole rings is 1. The van der Waals surface area contributed by atoms with Gasteiger partial charge in [-0.15, -0.1) is 0 Å². The summed E-state index contributed by atoms with van der Waals surface area (Å²) in [6.45, 7) is -1.13. The summed E-state index contributed by atoms with van der Waals surface area (Å²) in [6.07, 6.45) is 0.413. The standard InChI is InChI=1S/C21H18F3N7O4/c22-12-3-1-2-4-13(12)27-20(34)35-16-9-30(10-21(16,23)24)15-7-14(29-31-6-5-25-17(15)31)11-8-26-19(33)28-18(11)32/h1-8,16,20,27,34H,9-10H2,(H2,26,28,32,33)/t16-,20?/m0/s1. The normalized spacial score (nSPS) is 18.2. The van der Waals surface area contributed by atoms with Crippen LogP contribution in [0.4, 0.5) is 24.5 Å². The molecule has 4 heterocycles. The predicted octanol–water partition coefficient (Wildman–Crippen LogP) is 1.14. The second-order valence-electron chi connectivity index (χ2n) is 7.84. The minimum absolute atomic E-state index is 0.0183. The largest absolute Gasteiger partial charge is 0.359 e. The molecule has 1 aromatic carbocycles. The van der Waals surface area contributed by atoms with Gasteiger partial charge in [-0.1, -0.05) is 12.1 Å². The number of aromatic amines is 2. The SMILES string of the molecule is O=c1[nH]cc(-c2cc(N3C[C@H](OC(O)Nc4ccccc4F)C(F)(F)C3)c3nccn3n2)c(=O)[nH]1. The van der Waals surface area contributed by atoms with E-state index in [-0.39, 0.29) is 34.8 Å². The zero-order chi connectivity index (χ0) is 24.7. The maximum atomic E-state index is 14.9. The van der Waals surface area contributed by atoms with E-state index in [1.807, 2.05) is 0 Å². The summed E-state index contributed by atoms with van der Waals surface area (Å²) >= 11 is 0. The number of para-hydroxylation sites is 1. The van der Waals surface area contributed by atoms with E-state index >= 15 is 0 Å². The van der Waals surface area contributed by atoms with Crippen LogP contribution in [0.25, 0.3) is 16.9 Å². The first-order chi connectivity index (χ1) is 16.7. The van der Waals surface area contributed by atoms with E-state index in [1.54, 1.807) is 0 Å².